The molecule has 1 aliphatic heterocycles. The molecule has 1 heterocycles. The van der Waals surface area contributed by atoms with Gasteiger partial charge in [-0.05, 0) is 50.1 Å². The maximum atomic E-state index is 13.1. The number of fused-ring (bicyclic) bond motifs is 1. The van der Waals surface area contributed by atoms with Gasteiger partial charge in [-0.15, -0.1) is 0 Å². The van der Waals surface area contributed by atoms with Crippen molar-refractivity contribution in [1.29, 1.82) is 0 Å². The Balaban J connectivity index is 1.80. The third-order valence-corrected chi connectivity index (χ3v) is 5.17. The summed E-state index contributed by atoms with van der Waals surface area (Å²) in [4.78, 5) is 15.0. The highest BCUT2D eigenvalue weighted by atomic mass is 16.2. The maximum Gasteiger partial charge on any atom is 0.260 e. The zero-order chi connectivity index (χ0) is 19.2. The van der Waals surface area contributed by atoms with Gasteiger partial charge in [0.25, 0.3) is 5.91 Å². The molecule has 0 atom stereocenters. The summed E-state index contributed by atoms with van der Waals surface area (Å²) in [6.07, 6.45) is 6.96. The zero-order valence-electron chi connectivity index (χ0n) is 16.7. The number of anilines is 1. The molecule has 0 aliphatic carbocycles. The highest BCUT2D eigenvalue weighted by molar-refractivity contribution is 6.35. The number of nitrogens with zero attached hydrogens (tertiary/aromatic N) is 1. The molecule has 3 heteroatoms. The van der Waals surface area contributed by atoms with Gasteiger partial charge in [0, 0.05) is 11.1 Å². The summed E-state index contributed by atoms with van der Waals surface area (Å²) in [6, 6.07) is 14.5. The molecule has 0 spiro atoms. The summed E-state index contributed by atoms with van der Waals surface area (Å²) in [5, 5.41) is 3.44. The lowest BCUT2D eigenvalue weighted by Crippen LogP contribution is -2.36. The largest absolute Gasteiger partial charge is 0.299 e. The second-order valence-electron chi connectivity index (χ2n) is 7.39. The van der Waals surface area contributed by atoms with E-state index in [0.717, 1.165) is 35.4 Å². The van der Waals surface area contributed by atoms with Crippen LogP contribution in [0.2, 0.25) is 0 Å². The first-order valence-electron chi connectivity index (χ1n) is 10.0. The Morgan fingerprint density at radius 2 is 1.85 bits per heavy atom. The van der Waals surface area contributed by atoms with E-state index in [4.69, 9.17) is 0 Å². The Hall–Kier alpha value is -2.39. The van der Waals surface area contributed by atoms with Gasteiger partial charge in [0.2, 0.25) is 0 Å². The van der Waals surface area contributed by atoms with Crippen LogP contribution in [0.3, 0.4) is 0 Å². The lowest BCUT2D eigenvalue weighted by Gasteiger charge is -2.17. The summed E-state index contributed by atoms with van der Waals surface area (Å²) in [6.45, 7) is 7.90. The van der Waals surface area contributed by atoms with E-state index in [1.807, 2.05) is 35.2 Å². The van der Waals surface area contributed by atoms with Gasteiger partial charge >= 0.3 is 0 Å². The lowest BCUT2D eigenvalue weighted by molar-refractivity contribution is -0.113. The van der Waals surface area contributed by atoms with Crippen LogP contribution in [0.4, 0.5) is 5.69 Å². The molecule has 0 saturated heterocycles. The number of nitrogens with one attached hydrogen (secondary N) is 1. The SMILES string of the molecule is CCCCCCNCN1C(=O)/C(=C/c2cc(C)ccc2C)c2ccccc21. The van der Waals surface area contributed by atoms with Crippen LogP contribution in [-0.2, 0) is 4.79 Å². The Morgan fingerprint density at radius 1 is 1.04 bits per heavy atom. The second kappa shape index (κ2) is 9.01. The first-order valence-corrected chi connectivity index (χ1v) is 10.0. The van der Waals surface area contributed by atoms with Gasteiger partial charge in [0.1, 0.15) is 0 Å². The number of carbonyl (C=O) groups excluding carboxylic acids is 1. The molecule has 1 amide bonds. The van der Waals surface area contributed by atoms with E-state index in [0.29, 0.717) is 6.67 Å². The van der Waals surface area contributed by atoms with Crippen molar-refractivity contribution in [3.05, 3.63) is 64.7 Å². The third-order valence-electron chi connectivity index (χ3n) is 5.17. The number of amides is 1. The van der Waals surface area contributed by atoms with Crippen LogP contribution in [0, 0.1) is 13.8 Å². The molecule has 0 unspecified atom stereocenters. The van der Waals surface area contributed by atoms with E-state index < -0.39 is 0 Å². The summed E-state index contributed by atoms with van der Waals surface area (Å²) in [5.41, 5.74) is 6.31. The zero-order valence-corrected chi connectivity index (χ0v) is 16.7. The van der Waals surface area contributed by atoms with Crippen molar-refractivity contribution >= 4 is 23.2 Å². The molecule has 2 aromatic rings. The summed E-state index contributed by atoms with van der Waals surface area (Å²) in [5.74, 6) is 0.0816. The summed E-state index contributed by atoms with van der Waals surface area (Å²) in [7, 11) is 0. The standard InChI is InChI=1S/C24H30N2O/c1-4-5-6-9-14-25-17-26-23-11-8-7-10-21(23)22(24(26)27)16-20-15-18(2)12-13-19(20)3/h7-8,10-13,15-16,25H,4-6,9,14,17H2,1-3H3/b22-16+. The molecule has 0 radical (unpaired) electrons. The van der Waals surface area contributed by atoms with E-state index >= 15 is 0 Å². The first-order chi connectivity index (χ1) is 13.1. The number of benzene rings is 2. The number of unbranched alkanes of at least 4 members (excludes halogenated alkanes) is 3. The van der Waals surface area contributed by atoms with Gasteiger partial charge in [-0.1, -0.05) is 68.1 Å². The fraction of sp³-hybridized carbons (Fsp3) is 0.375. The third kappa shape index (κ3) is 4.48. The van der Waals surface area contributed by atoms with E-state index in [1.165, 1.54) is 30.4 Å². The molecule has 0 aromatic heterocycles. The fourth-order valence-electron chi connectivity index (χ4n) is 3.54. The average Bonchev–Trinajstić information content (AvgIpc) is 2.93. The van der Waals surface area contributed by atoms with Gasteiger partial charge in [-0.2, -0.15) is 0 Å². The van der Waals surface area contributed by atoms with Crippen molar-refractivity contribution < 1.29 is 4.79 Å². The Kier molecular flexibility index (Phi) is 6.46. The Labute approximate surface area is 163 Å². The average molecular weight is 363 g/mol. The summed E-state index contributed by atoms with van der Waals surface area (Å²) >= 11 is 0. The molecule has 27 heavy (non-hydrogen) atoms. The molecule has 3 rings (SSSR count). The first kappa shape index (κ1) is 19.4. The molecule has 142 valence electrons. The van der Waals surface area contributed by atoms with Crippen LogP contribution in [0.5, 0.6) is 0 Å². The number of aryl methyl sites for hydroxylation is 2. The number of carbonyl (C=O) groups is 1. The number of para-hydroxylation sites is 1. The molecular formula is C24H30N2O. The van der Waals surface area contributed by atoms with Crippen molar-refractivity contribution in [1.82, 2.24) is 5.32 Å². The fourth-order valence-corrected chi connectivity index (χ4v) is 3.54. The topological polar surface area (TPSA) is 32.3 Å². The molecule has 0 saturated carbocycles. The van der Waals surface area contributed by atoms with Crippen molar-refractivity contribution in [2.75, 3.05) is 18.1 Å². The number of hydrogen-bond acceptors (Lipinski definition) is 2. The van der Waals surface area contributed by atoms with Gasteiger partial charge < -0.3 is 0 Å². The predicted molar refractivity (Wildman–Crippen MR) is 115 cm³/mol. The molecule has 1 N–H and O–H groups in total. The monoisotopic (exact) mass is 362 g/mol. The molecule has 0 bridgehead atoms. The molecule has 1 aliphatic rings. The van der Waals surface area contributed by atoms with Crippen LogP contribution in [-0.4, -0.2) is 19.1 Å². The normalized spacial score (nSPS) is 14.9. The van der Waals surface area contributed by atoms with Crippen molar-refractivity contribution in [2.45, 2.75) is 46.5 Å². The number of hydrogen-bond donors (Lipinski definition) is 1. The van der Waals surface area contributed by atoms with Gasteiger partial charge in [0.15, 0.2) is 0 Å². The van der Waals surface area contributed by atoms with Crippen LogP contribution in [0.15, 0.2) is 42.5 Å². The van der Waals surface area contributed by atoms with E-state index in [1.54, 1.807) is 0 Å². The van der Waals surface area contributed by atoms with Crippen molar-refractivity contribution in [3.63, 3.8) is 0 Å². The molecule has 2 aromatic carbocycles. The van der Waals surface area contributed by atoms with Crippen molar-refractivity contribution in [3.8, 4) is 0 Å². The maximum absolute atomic E-state index is 13.1. The van der Waals surface area contributed by atoms with E-state index in [-0.39, 0.29) is 5.91 Å². The quantitative estimate of drug-likeness (QED) is 0.509. The van der Waals surface area contributed by atoms with Crippen molar-refractivity contribution in [2.24, 2.45) is 0 Å². The molecule has 0 fully saturated rings. The predicted octanol–water partition coefficient (Wildman–Crippen LogP) is 5.32. The van der Waals surface area contributed by atoms with Gasteiger partial charge in [-0.3, -0.25) is 15.0 Å². The smallest absolute Gasteiger partial charge is 0.260 e. The minimum Gasteiger partial charge on any atom is -0.299 e. The summed E-state index contributed by atoms with van der Waals surface area (Å²) < 4.78 is 0. The lowest BCUT2D eigenvalue weighted by atomic mass is 10.00. The minimum atomic E-state index is 0.0816. The van der Waals surface area contributed by atoms with Crippen LogP contribution in [0.25, 0.3) is 11.6 Å². The van der Waals surface area contributed by atoms with E-state index in [9.17, 15) is 4.79 Å². The Morgan fingerprint density at radius 3 is 2.67 bits per heavy atom. The second-order valence-corrected chi connectivity index (χ2v) is 7.39. The van der Waals surface area contributed by atoms with Gasteiger partial charge in [-0.25, -0.2) is 0 Å². The highest BCUT2D eigenvalue weighted by Crippen LogP contribution is 2.37. The van der Waals surface area contributed by atoms with Crippen LogP contribution < -0.4 is 10.2 Å². The van der Waals surface area contributed by atoms with Gasteiger partial charge in [0.05, 0.1) is 12.4 Å². The van der Waals surface area contributed by atoms with E-state index in [2.05, 4.69) is 44.3 Å². The Bertz CT molecular complexity index is 838. The molecular weight excluding hydrogens is 332 g/mol. The van der Waals surface area contributed by atoms with Crippen LogP contribution >= 0.6 is 0 Å². The molecule has 3 nitrogen and oxygen atoms in total. The minimum absolute atomic E-state index is 0.0816. The number of rotatable bonds is 8. The van der Waals surface area contributed by atoms with Crippen LogP contribution in [0.1, 0.15) is 54.9 Å². The highest BCUT2D eigenvalue weighted by Gasteiger charge is 2.31.